The van der Waals surface area contributed by atoms with Crippen LogP contribution in [0, 0.1) is 6.92 Å². The van der Waals surface area contributed by atoms with Crippen LogP contribution in [0.3, 0.4) is 0 Å². The Morgan fingerprint density at radius 3 is 2.42 bits per heavy atom. The van der Waals surface area contributed by atoms with Crippen molar-refractivity contribution in [2.45, 2.75) is 19.8 Å². The number of aryl methyl sites for hydroxylation is 2. The Hall–Kier alpha value is -1.96. The van der Waals surface area contributed by atoms with Gasteiger partial charge in [0.05, 0.1) is 7.11 Å². The molecule has 0 radical (unpaired) electrons. The lowest BCUT2D eigenvalue weighted by molar-refractivity contribution is 0.415. The second-order valence-electron chi connectivity index (χ2n) is 4.69. The highest BCUT2D eigenvalue weighted by atomic mass is 16.5. The summed E-state index contributed by atoms with van der Waals surface area (Å²) in [7, 11) is 1.69. The van der Waals surface area contributed by atoms with Crippen molar-refractivity contribution in [3.63, 3.8) is 0 Å². The third-order valence-corrected chi connectivity index (χ3v) is 3.30. The van der Waals surface area contributed by atoms with Crippen LogP contribution in [-0.2, 0) is 6.42 Å². The van der Waals surface area contributed by atoms with Crippen molar-refractivity contribution in [2.75, 3.05) is 19.0 Å². The summed E-state index contributed by atoms with van der Waals surface area (Å²) in [6.07, 6.45) is 2.26. The van der Waals surface area contributed by atoms with E-state index in [1.54, 1.807) is 7.11 Å². The van der Waals surface area contributed by atoms with Crippen LogP contribution in [0.5, 0.6) is 5.75 Å². The smallest absolute Gasteiger partial charge is 0.119 e. The molecule has 2 heteroatoms. The summed E-state index contributed by atoms with van der Waals surface area (Å²) in [6.45, 7) is 3.16. The third kappa shape index (κ3) is 4.02. The number of rotatable bonds is 6. The van der Waals surface area contributed by atoms with Gasteiger partial charge in [-0.25, -0.2) is 0 Å². The monoisotopic (exact) mass is 255 g/mol. The van der Waals surface area contributed by atoms with E-state index in [0.717, 1.165) is 30.8 Å². The highest BCUT2D eigenvalue weighted by Gasteiger charge is 1.97. The number of anilines is 1. The Kier molecular flexibility index (Phi) is 4.85. The summed E-state index contributed by atoms with van der Waals surface area (Å²) in [5.74, 6) is 0.894. The maximum absolute atomic E-state index is 5.14. The molecule has 0 aromatic heterocycles. The molecule has 0 aliphatic heterocycles. The third-order valence-electron chi connectivity index (χ3n) is 3.30. The van der Waals surface area contributed by atoms with Gasteiger partial charge < -0.3 is 10.1 Å². The number of nitrogens with one attached hydrogen (secondary N) is 1. The van der Waals surface area contributed by atoms with E-state index in [1.807, 2.05) is 24.3 Å². The fourth-order valence-electron chi connectivity index (χ4n) is 2.11. The first-order chi connectivity index (χ1) is 9.29. The number of hydrogen-bond acceptors (Lipinski definition) is 2. The van der Waals surface area contributed by atoms with Gasteiger partial charge in [0.15, 0.2) is 0 Å². The Bertz CT molecular complexity index is 505. The van der Waals surface area contributed by atoms with Gasteiger partial charge in [0.1, 0.15) is 5.75 Å². The van der Waals surface area contributed by atoms with E-state index in [2.05, 4.69) is 36.5 Å². The molecule has 2 aromatic carbocycles. The molecule has 0 fully saturated rings. The summed E-state index contributed by atoms with van der Waals surface area (Å²) < 4.78 is 5.14. The van der Waals surface area contributed by atoms with Crippen LogP contribution in [0.2, 0.25) is 0 Å². The Morgan fingerprint density at radius 1 is 1.00 bits per heavy atom. The van der Waals surface area contributed by atoms with Gasteiger partial charge in [0, 0.05) is 12.2 Å². The average Bonchev–Trinajstić information content (AvgIpc) is 2.46. The van der Waals surface area contributed by atoms with Crippen LogP contribution in [0.1, 0.15) is 17.5 Å². The fourth-order valence-corrected chi connectivity index (χ4v) is 2.11. The zero-order valence-corrected chi connectivity index (χ0v) is 11.6. The lowest BCUT2D eigenvalue weighted by atomic mass is 10.0. The lowest BCUT2D eigenvalue weighted by Crippen LogP contribution is -2.03. The molecule has 1 N–H and O–H groups in total. The predicted molar refractivity (Wildman–Crippen MR) is 81.0 cm³/mol. The number of hydrogen-bond donors (Lipinski definition) is 1. The lowest BCUT2D eigenvalue weighted by Gasteiger charge is -2.08. The topological polar surface area (TPSA) is 21.3 Å². The second kappa shape index (κ2) is 6.83. The molecule has 0 unspecified atom stereocenters. The zero-order valence-electron chi connectivity index (χ0n) is 11.6. The van der Waals surface area contributed by atoms with Gasteiger partial charge in [-0.2, -0.15) is 0 Å². The van der Waals surface area contributed by atoms with Crippen molar-refractivity contribution in [3.8, 4) is 5.75 Å². The Balaban J connectivity index is 1.76. The molecule has 100 valence electrons. The molecule has 0 heterocycles. The van der Waals surface area contributed by atoms with E-state index in [-0.39, 0.29) is 0 Å². The van der Waals surface area contributed by atoms with E-state index in [4.69, 9.17) is 4.74 Å². The van der Waals surface area contributed by atoms with Gasteiger partial charge in [-0.05, 0) is 55.2 Å². The Morgan fingerprint density at radius 2 is 1.74 bits per heavy atom. The van der Waals surface area contributed by atoms with Crippen LogP contribution in [0.25, 0.3) is 0 Å². The Labute approximate surface area is 115 Å². The second-order valence-corrected chi connectivity index (χ2v) is 4.69. The minimum absolute atomic E-state index is 0.894. The SMILES string of the molecule is COc1ccc(NCCCc2ccccc2C)cc1. The molecule has 0 atom stereocenters. The molecule has 0 amide bonds. The molecule has 0 bridgehead atoms. The summed E-state index contributed by atoms with van der Waals surface area (Å²) in [6, 6.07) is 16.6. The first-order valence-corrected chi connectivity index (χ1v) is 6.72. The summed E-state index contributed by atoms with van der Waals surface area (Å²) >= 11 is 0. The highest BCUT2D eigenvalue weighted by molar-refractivity contribution is 5.46. The van der Waals surface area contributed by atoms with Crippen LogP contribution >= 0.6 is 0 Å². The van der Waals surface area contributed by atoms with Gasteiger partial charge in [-0.3, -0.25) is 0 Å². The average molecular weight is 255 g/mol. The van der Waals surface area contributed by atoms with Crippen molar-refractivity contribution in [1.29, 1.82) is 0 Å². The van der Waals surface area contributed by atoms with Gasteiger partial charge in [0.25, 0.3) is 0 Å². The molecule has 19 heavy (non-hydrogen) atoms. The van der Waals surface area contributed by atoms with Crippen LogP contribution in [-0.4, -0.2) is 13.7 Å². The molecule has 2 rings (SSSR count). The van der Waals surface area contributed by atoms with E-state index >= 15 is 0 Å². The maximum Gasteiger partial charge on any atom is 0.119 e. The first kappa shape index (κ1) is 13.5. The van der Waals surface area contributed by atoms with E-state index in [9.17, 15) is 0 Å². The summed E-state index contributed by atoms with van der Waals surface area (Å²) in [5.41, 5.74) is 3.97. The van der Waals surface area contributed by atoms with Crippen LogP contribution < -0.4 is 10.1 Å². The summed E-state index contributed by atoms with van der Waals surface area (Å²) in [4.78, 5) is 0. The quantitative estimate of drug-likeness (QED) is 0.786. The van der Waals surface area contributed by atoms with Crippen molar-refractivity contribution in [3.05, 3.63) is 59.7 Å². The summed E-state index contributed by atoms with van der Waals surface area (Å²) in [5, 5.41) is 3.43. The fraction of sp³-hybridized carbons (Fsp3) is 0.294. The minimum atomic E-state index is 0.894. The van der Waals surface area contributed by atoms with Crippen molar-refractivity contribution in [2.24, 2.45) is 0 Å². The van der Waals surface area contributed by atoms with Gasteiger partial charge in [-0.1, -0.05) is 24.3 Å². The molecule has 2 nitrogen and oxygen atoms in total. The number of benzene rings is 2. The van der Waals surface area contributed by atoms with E-state index in [0.29, 0.717) is 0 Å². The van der Waals surface area contributed by atoms with E-state index < -0.39 is 0 Å². The molecular formula is C17H21NO. The number of ether oxygens (including phenoxy) is 1. The first-order valence-electron chi connectivity index (χ1n) is 6.72. The van der Waals surface area contributed by atoms with Crippen molar-refractivity contribution in [1.82, 2.24) is 0 Å². The van der Waals surface area contributed by atoms with Gasteiger partial charge in [-0.15, -0.1) is 0 Å². The van der Waals surface area contributed by atoms with Gasteiger partial charge >= 0.3 is 0 Å². The predicted octanol–water partition coefficient (Wildman–Crippen LogP) is 4.05. The van der Waals surface area contributed by atoms with Crippen molar-refractivity contribution < 1.29 is 4.74 Å². The largest absolute Gasteiger partial charge is 0.497 e. The molecular weight excluding hydrogens is 234 g/mol. The highest BCUT2D eigenvalue weighted by Crippen LogP contribution is 2.15. The van der Waals surface area contributed by atoms with Crippen LogP contribution in [0.4, 0.5) is 5.69 Å². The normalized spacial score (nSPS) is 10.2. The number of methoxy groups -OCH3 is 1. The van der Waals surface area contributed by atoms with Crippen LogP contribution in [0.15, 0.2) is 48.5 Å². The zero-order chi connectivity index (χ0) is 13.5. The minimum Gasteiger partial charge on any atom is -0.497 e. The molecule has 0 saturated heterocycles. The van der Waals surface area contributed by atoms with Gasteiger partial charge in [0.2, 0.25) is 0 Å². The molecule has 0 saturated carbocycles. The van der Waals surface area contributed by atoms with E-state index in [1.165, 1.54) is 11.1 Å². The molecule has 2 aromatic rings. The van der Waals surface area contributed by atoms with Crippen molar-refractivity contribution >= 4 is 5.69 Å². The standard InChI is InChI=1S/C17H21NO/c1-14-6-3-4-7-15(14)8-5-13-18-16-9-11-17(19-2)12-10-16/h3-4,6-7,9-12,18H,5,8,13H2,1-2H3. The molecule has 0 spiro atoms. The molecule has 0 aliphatic rings. The molecule has 0 aliphatic carbocycles. The maximum atomic E-state index is 5.14.